The van der Waals surface area contributed by atoms with Crippen LogP contribution in [0.4, 0.5) is 15.9 Å². The number of allylic oxidation sites excluding steroid dienone is 1. The Morgan fingerprint density at radius 3 is 2.65 bits per heavy atom. The third kappa shape index (κ3) is 7.72. The highest BCUT2D eigenvalue weighted by atomic mass is 19.1. The molecule has 0 amide bonds. The van der Waals surface area contributed by atoms with Gasteiger partial charge in [-0.15, -0.1) is 0 Å². The Kier molecular flexibility index (Phi) is 10.3. The van der Waals surface area contributed by atoms with Crippen LogP contribution in [0.2, 0.25) is 0 Å². The summed E-state index contributed by atoms with van der Waals surface area (Å²) in [6.07, 6.45) is 3.58. The molecule has 0 saturated carbocycles. The summed E-state index contributed by atoms with van der Waals surface area (Å²) in [5, 5.41) is 14.7. The molecule has 0 aromatic carbocycles. The molecule has 1 aliphatic rings. The Hall–Kier alpha value is -3.14. The second kappa shape index (κ2) is 12.9. The minimum Gasteiger partial charge on any atom is -0.402 e. The topological polar surface area (TPSA) is 109 Å². The van der Waals surface area contributed by atoms with E-state index in [1.54, 1.807) is 0 Å². The summed E-state index contributed by atoms with van der Waals surface area (Å²) in [7, 11) is 7.67. The number of aromatic nitrogens is 1. The maximum atomic E-state index is 14.9. The number of anilines is 2. The number of aliphatic imine (C=N–C) groups is 1. The molecule has 0 radical (unpaired) electrons. The molecule has 9 nitrogen and oxygen atoms in total. The van der Waals surface area contributed by atoms with E-state index in [0.29, 0.717) is 42.6 Å². The Bertz CT molecular complexity index is 904. The first-order chi connectivity index (χ1) is 16.1. The van der Waals surface area contributed by atoms with Crippen molar-refractivity contribution in [2.75, 3.05) is 71.3 Å². The van der Waals surface area contributed by atoms with Crippen molar-refractivity contribution in [3.8, 4) is 0 Å². The molecule has 0 saturated heterocycles. The summed E-state index contributed by atoms with van der Waals surface area (Å²) >= 11 is 0. The van der Waals surface area contributed by atoms with Gasteiger partial charge in [0.1, 0.15) is 11.6 Å². The van der Waals surface area contributed by atoms with Gasteiger partial charge in [0.25, 0.3) is 0 Å². The van der Waals surface area contributed by atoms with Gasteiger partial charge in [0.2, 0.25) is 0 Å². The molecule has 0 spiro atoms. The molecule has 2 heterocycles. The van der Waals surface area contributed by atoms with Crippen molar-refractivity contribution in [2.45, 2.75) is 20.3 Å². The lowest BCUT2D eigenvalue weighted by Gasteiger charge is -2.34. The summed E-state index contributed by atoms with van der Waals surface area (Å²) in [4.78, 5) is 14.5. The molecular formula is C24H40FN9. The molecule has 0 fully saturated rings. The monoisotopic (exact) mass is 473 g/mol. The van der Waals surface area contributed by atoms with Gasteiger partial charge in [-0.25, -0.2) is 9.37 Å². The molecule has 5 N–H and O–H groups in total. The fourth-order valence-corrected chi connectivity index (χ4v) is 3.51. The van der Waals surface area contributed by atoms with E-state index in [-0.39, 0.29) is 12.6 Å². The lowest BCUT2D eigenvalue weighted by molar-refractivity contribution is 0.325. The smallest absolute Gasteiger partial charge is 0.181 e. The first kappa shape index (κ1) is 27.1. The normalized spacial score (nSPS) is 15.3. The van der Waals surface area contributed by atoms with E-state index in [0.717, 1.165) is 24.4 Å². The predicted octanol–water partition coefficient (Wildman–Crippen LogP) is 2.47. The summed E-state index contributed by atoms with van der Waals surface area (Å²) in [5.74, 6) is 0.588. The average molecular weight is 474 g/mol. The van der Waals surface area contributed by atoms with Crippen molar-refractivity contribution in [3.63, 3.8) is 0 Å². The Labute approximate surface area is 203 Å². The van der Waals surface area contributed by atoms with E-state index in [2.05, 4.69) is 30.4 Å². The van der Waals surface area contributed by atoms with Crippen molar-refractivity contribution in [1.82, 2.24) is 20.1 Å². The Morgan fingerprint density at radius 1 is 1.32 bits per heavy atom. The maximum Gasteiger partial charge on any atom is 0.181 e. The highest BCUT2D eigenvalue weighted by Gasteiger charge is 2.25. The van der Waals surface area contributed by atoms with Gasteiger partial charge in [-0.2, -0.15) is 0 Å². The largest absolute Gasteiger partial charge is 0.402 e. The third-order valence-corrected chi connectivity index (χ3v) is 5.67. The van der Waals surface area contributed by atoms with E-state index in [1.807, 2.05) is 58.2 Å². The first-order valence-electron chi connectivity index (χ1n) is 11.6. The van der Waals surface area contributed by atoms with E-state index < -0.39 is 5.83 Å². The van der Waals surface area contributed by atoms with E-state index in [9.17, 15) is 4.39 Å². The number of nitrogens with one attached hydrogen (secondary N) is 3. The number of rotatable bonds is 12. The number of nitrogens with two attached hydrogens (primary N) is 1. The molecule has 1 aromatic rings. The van der Waals surface area contributed by atoms with Crippen LogP contribution < -0.4 is 21.3 Å². The van der Waals surface area contributed by atoms with E-state index in [1.165, 1.54) is 13.3 Å². The van der Waals surface area contributed by atoms with Crippen LogP contribution in [-0.2, 0) is 0 Å². The molecule has 0 bridgehead atoms. The van der Waals surface area contributed by atoms with Crippen LogP contribution in [-0.4, -0.2) is 87.7 Å². The highest BCUT2D eigenvalue weighted by Crippen LogP contribution is 2.22. The summed E-state index contributed by atoms with van der Waals surface area (Å²) in [5.41, 5.74) is 9.18. The fourth-order valence-electron chi connectivity index (χ4n) is 3.51. The van der Waals surface area contributed by atoms with Crippen LogP contribution in [0.5, 0.6) is 0 Å². The summed E-state index contributed by atoms with van der Waals surface area (Å²) in [6, 6.07) is 3.91. The van der Waals surface area contributed by atoms with Gasteiger partial charge in [-0.05, 0) is 32.1 Å². The van der Waals surface area contributed by atoms with Gasteiger partial charge in [-0.1, -0.05) is 13.8 Å². The Balaban J connectivity index is 2.04. The van der Waals surface area contributed by atoms with Crippen molar-refractivity contribution in [3.05, 3.63) is 41.2 Å². The second-order valence-corrected chi connectivity index (χ2v) is 8.98. The molecule has 0 unspecified atom stereocenters. The van der Waals surface area contributed by atoms with Crippen LogP contribution in [0.3, 0.4) is 0 Å². The SMILES string of the molecule is CN=CC(F)=C(NCNc1ccc(N(C)CCN(C)C)cn1)N1CCC(N)=C(C(=N)C(C)C)C1. The molecule has 188 valence electrons. The standard InChI is InChI=1S/C24H40FN9/c1-17(2)23(27)19-15-34(10-9-21(19)26)24(20(25)14-28-3)31-16-30-22-8-7-18(13-29-22)33(6)12-11-32(4)5/h7-8,13-14,17,27,31H,9-12,15-16,26H2,1-6H3,(H,29,30). The van der Waals surface area contributed by atoms with E-state index >= 15 is 0 Å². The van der Waals surface area contributed by atoms with Crippen LogP contribution >= 0.6 is 0 Å². The third-order valence-electron chi connectivity index (χ3n) is 5.67. The number of hydrogen-bond donors (Lipinski definition) is 4. The molecular weight excluding hydrogens is 433 g/mol. The summed E-state index contributed by atoms with van der Waals surface area (Å²) < 4.78 is 14.9. The maximum absolute atomic E-state index is 14.9. The molecule has 34 heavy (non-hydrogen) atoms. The summed E-state index contributed by atoms with van der Waals surface area (Å²) in [6.45, 7) is 6.99. The van der Waals surface area contributed by atoms with Crippen molar-refractivity contribution in [2.24, 2.45) is 16.6 Å². The van der Waals surface area contributed by atoms with Crippen molar-refractivity contribution < 1.29 is 4.39 Å². The molecule has 0 aliphatic carbocycles. The van der Waals surface area contributed by atoms with Crippen molar-refractivity contribution in [1.29, 1.82) is 5.41 Å². The predicted molar refractivity (Wildman–Crippen MR) is 140 cm³/mol. The first-order valence-corrected chi connectivity index (χ1v) is 11.6. The fraction of sp³-hybridized carbons (Fsp3) is 0.542. The molecule has 2 rings (SSSR count). The van der Waals surface area contributed by atoms with Crippen molar-refractivity contribution >= 4 is 23.4 Å². The zero-order valence-corrected chi connectivity index (χ0v) is 21.3. The number of nitrogens with zero attached hydrogens (tertiary/aromatic N) is 5. The van der Waals surface area contributed by atoms with Gasteiger partial charge in [0, 0.05) is 63.7 Å². The van der Waals surface area contributed by atoms with Crippen LogP contribution in [0.15, 0.2) is 46.2 Å². The second-order valence-electron chi connectivity index (χ2n) is 8.98. The lowest BCUT2D eigenvalue weighted by Crippen LogP contribution is -2.42. The molecule has 10 heteroatoms. The van der Waals surface area contributed by atoms with Gasteiger partial charge >= 0.3 is 0 Å². The minimum atomic E-state index is -0.467. The van der Waals surface area contributed by atoms with Crippen LogP contribution in [0.25, 0.3) is 0 Å². The zero-order valence-electron chi connectivity index (χ0n) is 21.3. The molecule has 1 aromatic heterocycles. The van der Waals surface area contributed by atoms with Gasteiger partial charge in [0.15, 0.2) is 5.83 Å². The Morgan fingerprint density at radius 2 is 2.06 bits per heavy atom. The van der Waals surface area contributed by atoms with Gasteiger partial charge in [0.05, 0.1) is 24.8 Å². The molecule has 0 atom stereocenters. The quantitative estimate of drug-likeness (QED) is 0.273. The highest BCUT2D eigenvalue weighted by molar-refractivity contribution is 6.00. The number of hydrogen-bond acceptors (Lipinski definition) is 9. The number of halogens is 1. The van der Waals surface area contributed by atoms with Gasteiger partial charge in [-0.3, -0.25) is 4.99 Å². The van der Waals surface area contributed by atoms with Gasteiger partial charge < -0.3 is 36.5 Å². The minimum absolute atomic E-state index is 0.0496. The lowest BCUT2D eigenvalue weighted by atomic mass is 9.94. The number of pyridine rings is 1. The average Bonchev–Trinajstić information content (AvgIpc) is 2.80. The molecule has 1 aliphatic heterocycles. The van der Waals surface area contributed by atoms with Crippen LogP contribution in [0, 0.1) is 11.3 Å². The van der Waals surface area contributed by atoms with Crippen LogP contribution in [0.1, 0.15) is 20.3 Å². The van der Waals surface area contributed by atoms with E-state index in [4.69, 9.17) is 11.1 Å². The zero-order chi connectivity index (χ0) is 25.3. The number of likely N-dealkylation sites (N-methyl/N-ethyl adjacent to an activating group) is 2.